The molecule has 0 spiro atoms. The van der Waals surface area contributed by atoms with Crippen molar-refractivity contribution in [1.82, 2.24) is 5.43 Å². The van der Waals surface area contributed by atoms with Crippen LogP contribution in [-0.2, 0) is 0 Å². The number of thioether (sulfide) groups is 1. The minimum absolute atomic E-state index is 0.211. The molecule has 0 aromatic heterocycles. The molecule has 3 nitrogen and oxygen atoms in total. The van der Waals surface area contributed by atoms with Gasteiger partial charge in [0.2, 0.25) is 0 Å². The zero-order chi connectivity index (χ0) is 13.9. The summed E-state index contributed by atoms with van der Waals surface area (Å²) < 4.78 is 0. The molecule has 106 valence electrons. The molecule has 1 N–H and O–H groups in total. The number of aliphatic imine (C=N–C) groups is 1. The zero-order valence-electron chi connectivity index (χ0n) is 11.5. The summed E-state index contributed by atoms with van der Waals surface area (Å²) in [4.78, 5) is 4.69. The van der Waals surface area contributed by atoms with Gasteiger partial charge in [0.15, 0.2) is 5.17 Å². The molecule has 1 aliphatic heterocycles. The van der Waals surface area contributed by atoms with E-state index in [4.69, 9.17) is 11.6 Å². The molecule has 2 unspecified atom stereocenters. The Balaban J connectivity index is 1.62. The standard InChI is InChI=1S/C15H18ClN3S/c1-10-2-7-13(8-10)18-19-15-17-14(9-20-15)11-3-5-12(16)6-4-11/h3-6,10,14H,2,7-9H2,1H3,(H,17,19)/b18-13+. The van der Waals surface area contributed by atoms with Crippen LogP contribution >= 0.6 is 23.4 Å². The quantitative estimate of drug-likeness (QED) is 0.829. The van der Waals surface area contributed by atoms with Gasteiger partial charge in [-0.3, -0.25) is 10.4 Å². The van der Waals surface area contributed by atoms with E-state index in [0.29, 0.717) is 0 Å². The predicted octanol–water partition coefficient (Wildman–Crippen LogP) is 4.25. The van der Waals surface area contributed by atoms with Crippen LogP contribution in [0.25, 0.3) is 0 Å². The average molecular weight is 308 g/mol. The normalized spacial score (nSPS) is 27.9. The number of benzene rings is 1. The number of hydrogen-bond donors (Lipinski definition) is 1. The molecule has 0 saturated heterocycles. The van der Waals surface area contributed by atoms with Crippen molar-refractivity contribution in [2.45, 2.75) is 32.2 Å². The van der Waals surface area contributed by atoms with Gasteiger partial charge in [-0.1, -0.05) is 42.4 Å². The van der Waals surface area contributed by atoms with Gasteiger partial charge in [0.05, 0.1) is 6.04 Å². The molecule has 1 saturated carbocycles. The molecule has 2 atom stereocenters. The van der Waals surface area contributed by atoms with Crippen LogP contribution in [0.5, 0.6) is 0 Å². The topological polar surface area (TPSA) is 36.8 Å². The maximum atomic E-state index is 5.91. The summed E-state index contributed by atoms with van der Waals surface area (Å²) in [5.74, 6) is 1.74. The van der Waals surface area contributed by atoms with Crippen molar-refractivity contribution in [3.05, 3.63) is 34.9 Å². The van der Waals surface area contributed by atoms with Gasteiger partial charge < -0.3 is 0 Å². The van der Waals surface area contributed by atoms with E-state index in [9.17, 15) is 0 Å². The lowest BCUT2D eigenvalue weighted by Crippen LogP contribution is -2.13. The van der Waals surface area contributed by atoms with Crippen molar-refractivity contribution in [2.75, 3.05) is 5.75 Å². The maximum Gasteiger partial charge on any atom is 0.177 e. The van der Waals surface area contributed by atoms with Gasteiger partial charge in [0.1, 0.15) is 0 Å². The van der Waals surface area contributed by atoms with Crippen molar-refractivity contribution in [3.63, 3.8) is 0 Å². The lowest BCUT2D eigenvalue weighted by molar-refractivity contribution is 0.623. The summed E-state index contributed by atoms with van der Waals surface area (Å²) in [6.45, 7) is 2.28. The molecule has 1 fully saturated rings. The fraction of sp³-hybridized carbons (Fsp3) is 0.467. The van der Waals surface area contributed by atoms with E-state index in [1.165, 1.54) is 17.7 Å². The molecule has 1 heterocycles. The fourth-order valence-electron chi connectivity index (χ4n) is 2.54. The van der Waals surface area contributed by atoms with E-state index in [1.807, 2.05) is 24.3 Å². The molecule has 0 amide bonds. The van der Waals surface area contributed by atoms with Crippen molar-refractivity contribution in [1.29, 1.82) is 0 Å². The van der Waals surface area contributed by atoms with Crippen LogP contribution in [0.3, 0.4) is 0 Å². The second-order valence-corrected chi connectivity index (χ2v) is 6.90. The van der Waals surface area contributed by atoms with Crippen LogP contribution in [-0.4, -0.2) is 16.6 Å². The first kappa shape index (κ1) is 14.0. The molecule has 20 heavy (non-hydrogen) atoms. The van der Waals surface area contributed by atoms with Gasteiger partial charge in [-0.2, -0.15) is 5.10 Å². The SMILES string of the molecule is CC1CC/C(=N\NC2=NC(c3ccc(Cl)cc3)CS2)C1. The van der Waals surface area contributed by atoms with Crippen molar-refractivity contribution in [3.8, 4) is 0 Å². The number of nitrogens with one attached hydrogen (secondary N) is 1. The number of rotatable bonds is 2. The number of hydrogen-bond acceptors (Lipinski definition) is 4. The minimum atomic E-state index is 0.211. The van der Waals surface area contributed by atoms with E-state index in [-0.39, 0.29) is 6.04 Å². The Morgan fingerprint density at radius 2 is 2.15 bits per heavy atom. The third kappa shape index (κ3) is 3.36. The first-order valence-electron chi connectivity index (χ1n) is 6.98. The Kier molecular flexibility index (Phi) is 4.32. The molecule has 5 heteroatoms. The Labute approximate surface area is 128 Å². The lowest BCUT2D eigenvalue weighted by Gasteiger charge is -2.05. The molecule has 1 aromatic carbocycles. The number of hydrazone groups is 1. The van der Waals surface area contributed by atoms with Gasteiger partial charge in [0, 0.05) is 16.5 Å². The largest absolute Gasteiger partial charge is 0.256 e. The lowest BCUT2D eigenvalue weighted by atomic mass is 10.1. The highest BCUT2D eigenvalue weighted by Gasteiger charge is 2.21. The summed E-state index contributed by atoms with van der Waals surface area (Å²) in [5.41, 5.74) is 5.61. The first-order chi connectivity index (χ1) is 9.70. The highest BCUT2D eigenvalue weighted by Crippen LogP contribution is 2.30. The van der Waals surface area contributed by atoms with Crippen molar-refractivity contribution >= 4 is 34.2 Å². The maximum absolute atomic E-state index is 5.91. The molecule has 2 aliphatic rings. The third-order valence-corrected chi connectivity index (χ3v) is 4.93. The fourth-order valence-corrected chi connectivity index (χ4v) is 3.56. The first-order valence-corrected chi connectivity index (χ1v) is 8.34. The van der Waals surface area contributed by atoms with Gasteiger partial charge in [-0.25, -0.2) is 0 Å². The third-order valence-electron chi connectivity index (χ3n) is 3.73. The van der Waals surface area contributed by atoms with Crippen LogP contribution in [0, 0.1) is 5.92 Å². The summed E-state index contributed by atoms with van der Waals surface area (Å²) in [6, 6.07) is 8.14. The Hall–Kier alpha value is -1.000. The van der Waals surface area contributed by atoms with Gasteiger partial charge in [-0.15, -0.1) is 0 Å². The highest BCUT2D eigenvalue weighted by molar-refractivity contribution is 8.14. The second kappa shape index (κ2) is 6.19. The summed E-state index contributed by atoms with van der Waals surface area (Å²) in [7, 11) is 0. The van der Waals surface area contributed by atoms with E-state index < -0.39 is 0 Å². The van der Waals surface area contributed by atoms with E-state index in [1.54, 1.807) is 11.8 Å². The van der Waals surface area contributed by atoms with Crippen molar-refractivity contribution in [2.24, 2.45) is 16.0 Å². The minimum Gasteiger partial charge on any atom is -0.256 e. The van der Waals surface area contributed by atoms with E-state index in [0.717, 1.165) is 34.7 Å². The number of halogens is 1. The monoisotopic (exact) mass is 307 g/mol. The van der Waals surface area contributed by atoms with Gasteiger partial charge in [-0.05, 0) is 42.9 Å². The number of amidine groups is 1. The average Bonchev–Trinajstić information content (AvgIpc) is 3.06. The molecule has 3 rings (SSSR count). The smallest absolute Gasteiger partial charge is 0.177 e. The summed E-state index contributed by atoms with van der Waals surface area (Å²) >= 11 is 7.64. The van der Waals surface area contributed by atoms with Gasteiger partial charge in [0.25, 0.3) is 0 Å². The molecule has 1 aromatic rings. The molecule has 0 bridgehead atoms. The molecule has 0 radical (unpaired) electrons. The summed E-state index contributed by atoms with van der Waals surface area (Å²) in [5, 5.41) is 6.19. The summed E-state index contributed by atoms with van der Waals surface area (Å²) in [6.07, 6.45) is 3.49. The second-order valence-electron chi connectivity index (χ2n) is 5.45. The molecular weight excluding hydrogens is 290 g/mol. The molecular formula is C15H18ClN3S. The van der Waals surface area contributed by atoms with Crippen LogP contribution in [0.2, 0.25) is 5.02 Å². The van der Waals surface area contributed by atoms with E-state index >= 15 is 0 Å². The molecule has 1 aliphatic carbocycles. The van der Waals surface area contributed by atoms with E-state index in [2.05, 4.69) is 22.4 Å². The zero-order valence-corrected chi connectivity index (χ0v) is 13.0. The van der Waals surface area contributed by atoms with Crippen LogP contribution < -0.4 is 5.43 Å². The van der Waals surface area contributed by atoms with Crippen LogP contribution in [0.4, 0.5) is 0 Å². The van der Waals surface area contributed by atoms with Gasteiger partial charge >= 0.3 is 0 Å². The highest BCUT2D eigenvalue weighted by atomic mass is 35.5. The van der Waals surface area contributed by atoms with Crippen LogP contribution in [0.1, 0.15) is 37.8 Å². The van der Waals surface area contributed by atoms with Crippen molar-refractivity contribution < 1.29 is 0 Å². The predicted molar refractivity (Wildman–Crippen MR) is 87.7 cm³/mol. The Bertz CT molecular complexity index is 539. The Morgan fingerprint density at radius 1 is 1.35 bits per heavy atom. The van der Waals surface area contributed by atoms with Crippen LogP contribution in [0.15, 0.2) is 34.4 Å². The number of nitrogens with zero attached hydrogens (tertiary/aromatic N) is 2. The Morgan fingerprint density at radius 3 is 2.85 bits per heavy atom.